The molecule has 4 rings (SSSR count). The van der Waals surface area contributed by atoms with Gasteiger partial charge in [-0.25, -0.2) is 9.97 Å². The van der Waals surface area contributed by atoms with Crippen molar-refractivity contribution in [3.63, 3.8) is 0 Å². The Bertz CT molecular complexity index is 1080. The summed E-state index contributed by atoms with van der Waals surface area (Å²) in [6.45, 7) is 0. The zero-order chi connectivity index (χ0) is 21.1. The minimum atomic E-state index is -0.415. The van der Waals surface area contributed by atoms with Crippen LogP contribution in [0.2, 0.25) is 5.02 Å². The third-order valence-corrected chi connectivity index (χ3v) is 5.61. The van der Waals surface area contributed by atoms with Crippen molar-refractivity contribution in [3.8, 4) is 16.9 Å². The zero-order valence-electron chi connectivity index (χ0n) is 16.4. The highest BCUT2D eigenvalue weighted by Crippen LogP contribution is 2.37. The quantitative estimate of drug-likeness (QED) is 0.631. The van der Waals surface area contributed by atoms with Gasteiger partial charge >= 0.3 is 0 Å². The summed E-state index contributed by atoms with van der Waals surface area (Å²) in [7, 11) is 1.58. The number of amides is 2. The number of benzene rings is 2. The lowest BCUT2D eigenvalue weighted by atomic mass is 9.88. The van der Waals surface area contributed by atoms with Crippen LogP contribution in [0.5, 0.6) is 5.75 Å². The van der Waals surface area contributed by atoms with E-state index >= 15 is 0 Å². The molecule has 2 aromatic carbocycles. The normalized spacial score (nSPS) is 16.3. The van der Waals surface area contributed by atoms with Gasteiger partial charge in [0.25, 0.3) is 0 Å². The van der Waals surface area contributed by atoms with Crippen molar-refractivity contribution in [1.82, 2.24) is 15.3 Å². The molecule has 1 aliphatic rings. The Hall–Kier alpha value is -3.25. The highest BCUT2D eigenvalue weighted by atomic mass is 35.5. The molecule has 1 unspecified atom stereocenters. The molecule has 1 aromatic heterocycles. The molecule has 1 saturated heterocycles. The van der Waals surface area contributed by atoms with Crippen molar-refractivity contribution in [3.05, 3.63) is 76.8 Å². The van der Waals surface area contributed by atoms with Crippen LogP contribution < -0.4 is 10.1 Å². The summed E-state index contributed by atoms with van der Waals surface area (Å²) < 4.78 is 5.08. The maximum Gasteiger partial charge on any atom is 0.234 e. The van der Waals surface area contributed by atoms with Gasteiger partial charge in [0, 0.05) is 18.4 Å². The van der Waals surface area contributed by atoms with Crippen LogP contribution >= 0.6 is 11.6 Å². The lowest BCUT2D eigenvalue weighted by Crippen LogP contribution is -2.39. The molecule has 0 bridgehead atoms. The molecule has 6 nitrogen and oxygen atoms in total. The van der Waals surface area contributed by atoms with Gasteiger partial charge in [0.1, 0.15) is 5.82 Å². The summed E-state index contributed by atoms with van der Waals surface area (Å²) in [5.74, 6) is 0.391. The molecule has 2 amide bonds. The van der Waals surface area contributed by atoms with E-state index in [1.165, 1.54) is 0 Å². The van der Waals surface area contributed by atoms with Crippen molar-refractivity contribution in [2.24, 2.45) is 0 Å². The first-order chi connectivity index (χ1) is 14.5. The van der Waals surface area contributed by atoms with E-state index in [9.17, 15) is 9.59 Å². The summed E-state index contributed by atoms with van der Waals surface area (Å²) in [6, 6.07) is 13.7. The highest BCUT2D eigenvalue weighted by molar-refractivity contribution is 6.34. The lowest BCUT2D eigenvalue weighted by Gasteiger charge is -2.23. The third-order valence-electron chi connectivity index (χ3n) is 5.19. The first-order valence-corrected chi connectivity index (χ1v) is 9.99. The molecule has 3 aromatic rings. The van der Waals surface area contributed by atoms with Gasteiger partial charge in [-0.3, -0.25) is 14.9 Å². The molecule has 0 radical (unpaired) electrons. The molecule has 152 valence electrons. The van der Waals surface area contributed by atoms with Crippen LogP contribution in [-0.4, -0.2) is 28.9 Å². The number of methoxy groups -OCH3 is 1. The number of halogens is 1. The Labute approximate surface area is 179 Å². The monoisotopic (exact) mass is 421 g/mol. The minimum Gasteiger partial charge on any atom is -0.494 e. The van der Waals surface area contributed by atoms with Gasteiger partial charge in [0.05, 0.1) is 30.4 Å². The van der Waals surface area contributed by atoms with Gasteiger partial charge in [-0.1, -0.05) is 54.1 Å². The number of piperidine rings is 1. The van der Waals surface area contributed by atoms with Gasteiger partial charge in [0.2, 0.25) is 11.8 Å². The number of rotatable bonds is 5. The van der Waals surface area contributed by atoms with Gasteiger partial charge in [0.15, 0.2) is 5.75 Å². The molecule has 1 aliphatic heterocycles. The van der Waals surface area contributed by atoms with Gasteiger partial charge < -0.3 is 4.74 Å². The van der Waals surface area contributed by atoms with Gasteiger partial charge in [-0.2, -0.15) is 0 Å². The number of aromatic nitrogens is 2. The smallest absolute Gasteiger partial charge is 0.234 e. The van der Waals surface area contributed by atoms with E-state index in [0.29, 0.717) is 35.9 Å². The molecule has 0 spiro atoms. The minimum absolute atomic E-state index is 0.236. The topological polar surface area (TPSA) is 81.2 Å². The summed E-state index contributed by atoms with van der Waals surface area (Å²) in [5, 5.41) is 2.94. The van der Waals surface area contributed by atoms with Crippen molar-refractivity contribution < 1.29 is 14.3 Å². The standard InChI is InChI=1S/C23H20ClN3O3/c1-30-16-12-25-20(26-13-16)11-14-5-7-15(8-6-14)17-3-2-4-18(22(17)24)19-9-10-21(28)27-23(19)29/h2-8,12-13,19H,9-11H2,1H3,(H,27,28,29). The number of nitrogens with one attached hydrogen (secondary N) is 1. The SMILES string of the molecule is COc1cnc(Cc2ccc(-c3cccc(C4CCC(=O)NC4=O)c3Cl)cc2)nc1. The van der Waals surface area contributed by atoms with Crippen molar-refractivity contribution in [2.45, 2.75) is 25.2 Å². The number of carbonyl (C=O) groups excluding carboxylic acids is 2. The fourth-order valence-electron chi connectivity index (χ4n) is 3.56. The number of hydrogen-bond donors (Lipinski definition) is 1. The van der Waals surface area contributed by atoms with E-state index in [1.807, 2.05) is 42.5 Å². The fourth-order valence-corrected chi connectivity index (χ4v) is 3.92. The second-order valence-electron chi connectivity index (χ2n) is 7.13. The molecule has 7 heteroatoms. The van der Waals surface area contributed by atoms with E-state index in [0.717, 1.165) is 22.3 Å². The van der Waals surface area contributed by atoms with Crippen LogP contribution in [-0.2, 0) is 16.0 Å². The van der Waals surface area contributed by atoms with Crippen LogP contribution in [0.3, 0.4) is 0 Å². The third kappa shape index (κ3) is 4.19. The van der Waals surface area contributed by atoms with Crippen LogP contribution in [0.15, 0.2) is 54.9 Å². The number of nitrogens with zero attached hydrogens (tertiary/aromatic N) is 2. The maximum absolute atomic E-state index is 12.3. The summed E-state index contributed by atoms with van der Waals surface area (Å²) in [6.07, 6.45) is 4.69. The Balaban J connectivity index is 1.55. The molecule has 30 heavy (non-hydrogen) atoms. The predicted molar refractivity (Wildman–Crippen MR) is 113 cm³/mol. The largest absolute Gasteiger partial charge is 0.494 e. The average Bonchev–Trinajstić information content (AvgIpc) is 2.76. The van der Waals surface area contributed by atoms with E-state index < -0.39 is 5.92 Å². The van der Waals surface area contributed by atoms with Crippen LogP contribution in [0.4, 0.5) is 0 Å². The van der Waals surface area contributed by atoms with Crippen molar-refractivity contribution in [1.29, 1.82) is 0 Å². The Morgan fingerprint density at radius 1 is 1.10 bits per heavy atom. The van der Waals surface area contributed by atoms with Gasteiger partial charge in [-0.15, -0.1) is 0 Å². The molecule has 0 aliphatic carbocycles. The van der Waals surface area contributed by atoms with E-state index in [2.05, 4.69) is 15.3 Å². The molecular formula is C23H20ClN3O3. The van der Waals surface area contributed by atoms with E-state index in [-0.39, 0.29) is 11.8 Å². The second-order valence-corrected chi connectivity index (χ2v) is 7.50. The lowest BCUT2D eigenvalue weighted by molar-refractivity contribution is -0.134. The zero-order valence-corrected chi connectivity index (χ0v) is 17.1. The van der Waals surface area contributed by atoms with E-state index in [4.69, 9.17) is 16.3 Å². The van der Waals surface area contributed by atoms with Gasteiger partial charge in [-0.05, 0) is 23.1 Å². The average molecular weight is 422 g/mol. The molecular weight excluding hydrogens is 402 g/mol. The Morgan fingerprint density at radius 2 is 1.83 bits per heavy atom. The van der Waals surface area contributed by atoms with Crippen molar-refractivity contribution in [2.75, 3.05) is 7.11 Å². The summed E-state index contributed by atoms with van der Waals surface area (Å²) in [5.41, 5.74) is 3.62. The number of imide groups is 1. The molecule has 2 heterocycles. The van der Waals surface area contributed by atoms with Crippen LogP contribution in [0.25, 0.3) is 11.1 Å². The second kappa shape index (κ2) is 8.63. The first-order valence-electron chi connectivity index (χ1n) is 9.61. The maximum atomic E-state index is 12.3. The fraction of sp³-hybridized carbons (Fsp3) is 0.217. The van der Waals surface area contributed by atoms with Crippen LogP contribution in [0, 0.1) is 0 Å². The highest BCUT2D eigenvalue weighted by Gasteiger charge is 2.30. The van der Waals surface area contributed by atoms with Crippen molar-refractivity contribution >= 4 is 23.4 Å². The first kappa shape index (κ1) is 20.0. The molecule has 1 N–H and O–H groups in total. The number of ether oxygens (including phenoxy) is 1. The van der Waals surface area contributed by atoms with Crippen LogP contribution in [0.1, 0.15) is 35.7 Å². The predicted octanol–water partition coefficient (Wildman–Crippen LogP) is 3.92. The molecule has 1 fully saturated rings. The van der Waals surface area contributed by atoms with E-state index in [1.54, 1.807) is 19.5 Å². The summed E-state index contributed by atoms with van der Waals surface area (Å²) in [4.78, 5) is 32.3. The number of carbonyl (C=O) groups is 2. The molecule has 1 atom stereocenters. The summed E-state index contributed by atoms with van der Waals surface area (Å²) >= 11 is 6.68. The Kier molecular flexibility index (Phi) is 5.77. The molecule has 0 saturated carbocycles. The number of hydrogen-bond acceptors (Lipinski definition) is 5. The Morgan fingerprint density at radius 3 is 2.50 bits per heavy atom.